The van der Waals surface area contributed by atoms with Crippen LogP contribution in [0.5, 0.6) is 5.75 Å². The first kappa shape index (κ1) is 18.0. The largest absolute Gasteiger partial charge is 0.496 e. The molecule has 0 saturated heterocycles. The Morgan fingerprint density at radius 1 is 1.08 bits per heavy atom. The monoisotopic (exact) mass is 390 g/mol. The van der Waals surface area contributed by atoms with Gasteiger partial charge in [0.05, 0.1) is 13.7 Å². The fourth-order valence-corrected chi connectivity index (χ4v) is 2.60. The van der Waals surface area contributed by atoms with Crippen molar-refractivity contribution in [3.63, 3.8) is 0 Å². The third kappa shape index (κ3) is 5.38. The van der Waals surface area contributed by atoms with Crippen LogP contribution in [0.15, 0.2) is 53.0 Å². The Hall–Kier alpha value is -2.34. The van der Waals surface area contributed by atoms with Gasteiger partial charge in [0.15, 0.2) is 0 Å². The fraction of sp³-hybridized carbons (Fsp3) is 0.222. The minimum atomic E-state index is -0.281. The lowest BCUT2D eigenvalue weighted by atomic mass is 10.1. The van der Waals surface area contributed by atoms with Gasteiger partial charge in [0.2, 0.25) is 5.91 Å². The van der Waals surface area contributed by atoms with E-state index in [2.05, 4.69) is 26.6 Å². The van der Waals surface area contributed by atoms with Gasteiger partial charge in [-0.3, -0.25) is 9.59 Å². The van der Waals surface area contributed by atoms with Gasteiger partial charge < -0.3 is 15.4 Å². The van der Waals surface area contributed by atoms with Crippen LogP contribution in [0.25, 0.3) is 0 Å². The lowest BCUT2D eigenvalue weighted by Gasteiger charge is -2.09. The van der Waals surface area contributed by atoms with E-state index in [0.29, 0.717) is 18.5 Å². The van der Waals surface area contributed by atoms with Crippen molar-refractivity contribution in [2.24, 2.45) is 0 Å². The summed E-state index contributed by atoms with van der Waals surface area (Å²) in [5.74, 6) is 0.291. The molecule has 2 aromatic rings. The number of carbonyl (C=O) groups is 2. The number of para-hydroxylation sites is 1. The highest BCUT2D eigenvalue weighted by atomic mass is 79.9. The lowest BCUT2D eigenvalue weighted by Crippen LogP contribution is -2.37. The van der Waals surface area contributed by atoms with Gasteiger partial charge in [-0.15, -0.1) is 0 Å². The molecular weight excluding hydrogens is 372 g/mol. The Morgan fingerprint density at radius 3 is 2.62 bits per heavy atom. The van der Waals surface area contributed by atoms with Crippen molar-refractivity contribution in [2.45, 2.75) is 6.42 Å². The van der Waals surface area contributed by atoms with Crippen LogP contribution < -0.4 is 15.4 Å². The summed E-state index contributed by atoms with van der Waals surface area (Å²) < 4.78 is 6.08. The van der Waals surface area contributed by atoms with Gasteiger partial charge in [-0.25, -0.2) is 0 Å². The molecule has 6 heteroatoms. The zero-order chi connectivity index (χ0) is 17.4. The molecule has 126 valence electrons. The number of carbonyl (C=O) groups excluding carboxylic acids is 2. The molecule has 0 aliphatic heterocycles. The molecule has 2 aromatic carbocycles. The molecule has 0 aliphatic rings. The number of rotatable bonds is 7. The normalized spacial score (nSPS) is 10.1. The summed E-state index contributed by atoms with van der Waals surface area (Å²) in [6.45, 7) is 0.420. The lowest BCUT2D eigenvalue weighted by molar-refractivity contribution is -0.120. The second kappa shape index (κ2) is 9.08. The van der Waals surface area contributed by atoms with Gasteiger partial charge in [0.25, 0.3) is 5.91 Å². The van der Waals surface area contributed by atoms with Gasteiger partial charge in [-0.2, -0.15) is 0 Å². The average molecular weight is 391 g/mol. The maximum Gasteiger partial charge on any atom is 0.251 e. The third-order valence-corrected chi connectivity index (χ3v) is 3.90. The van der Waals surface area contributed by atoms with E-state index in [1.54, 1.807) is 25.3 Å². The van der Waals surface area contributed by atoms with Gasteiger partial charge in [0.1, 0.15) is 5.75 Å². The molecule has 0 spiro atoms. The maximum absolute atomic E-state index is 12.0. The van der Waals surface area contributed by atoms with Gasteiger partial charge in [-0.05, 0) is 36.2 Å². The maximum atomic E-state index is 12.0. The third-order valence-electron chi connectivity index (χ3n) is 3.41. The number of halogens is 1. The van der Waals surface area contributed by atoms with E-state index < -0.39 is 0 Å². The molecule has 0 atom stereocenters. The number of benzene rings is 2. The van der Waals surface area contributed by atoms with Crippen molar-refractivity contribution < 1.29 is 14.3 Å². The molecule has 0 fully saturated rings. The molecule has 2 amide bonds. The fourth-order valence-electron chi connectivity index (χ4n) is 2.20. The summed E-state index contributed by atoms with van der Waals surface area (Å²) in [6, 6.07) is 14.7. The van der Waals surface area contributed by atoms with Gasteiger partial charge in [0, 0.05) is 16.6 Å². The number of hydrogen-bond acceptors (Lipinski definition) is 3. The molecule has 5 nitrogen and oxygen atoms in total. The summed E-state index contributed by atoms with van der Waals surface area (Å²) >= 11 is 3.31. The summed E-state index contributed by atoms with van der Waals surface area (Å²) in [5.41, 5.74) is 1.53. The van der Waals surface area contributed by atoms with Gasteiger partial charge in [-0.1, -0.05) is 40.2 Å². The molecular formula is C18H19BrN2O3. The van der Waals surface area contributed by atoms with E-state index in [0.717, 1.165) is 15.8 Å². The Labute approximate surface area is 149 Å². The van der Waals surface area contributed by atoms with E-state index in [9.17, 15) is 9.59 Å². The van der Waals surface area contributed by atoms with Gasteiger partial charge >= 0.3 is 0 Å². The zero-order valence-electron chi connectivity index (χ0n) is 13.3. The molecule has 0 heterocycles. The minimum Gasteiger partial charge on any atom is -0.496 e. The number of nitrogens with one attached hydrogen (secondary N) is 2. The summed E-state index contributed by atoms with van der Waals surface area (Å²) in [7, 11) is 1.62. The van der Waals surface area contributed by atoms with Crippen molar-refractivity contribution in [1.29, 1.82) is 0 Å². The summed E-state index contributed by atoms with van der Waals surface area (Å²) in [5, 5.41) is 5.38. The van der Waals surface area contributed by atoms with E-state index >= 15 is 0 Å². The van der Waals surface area contributed by atoms with Crippen molar-refractivity contribution in [1.82, 2.24) is 10.6 Å². The van der Waals surface area contributed by atoms with Crippen LogP contribution >= 0.6 is 15.9 Å². The highest BCUT2D eigenvalue weighted by Crippen LogP contribution is 2.17. The predicted octanol–water partition coefficient (Wildman–Crippen LogP) is 2.55. The van der Waals surface area contributed by atoms with Crippen molar-refractivity contribution in [3.8, 4) is 5.75 Å². The Kier molecular flexibility index (Phi) is 6.81. The first-order valence-corrected chi connectivity index (χ1v) is 8.32. The van der Waals surface area contributed by atoms with Crippen LogP contribution in [0.1, 0.15) is 15.9 Å². The van der Waals surface area contributed by atoms with E-state index in [-0.39, 0.29) is 18.4 Å². The van der Waals surface area contributed by atoms with Crippen LogP contribution in [0.2, 0.25) is 0 Å². The molecule has 2 N–H and O–H groups in total. The Morgan fingerprint density at radius 2 is 1.88 bits per heavy atom. The highest BCUT2D eigenvalue weighted by Gasteiger charge is 2.08. The number of hydrogen-bond donors (Lipinski definition) is 2. The van der Waals surface area contributed by atoms with Crippen molar-refractivity contribution >= 4 is 27.7 Å². The number of methoxy groups -OCH3 is 1. The predicted molar refractivity (Wildman–Crippen MR) is 96.2 cm³/mol. The van der Waals surface area contributed by atoms with Crippen molar-refractivity contribution in [3.05, 3.63) is 64.1 Å². The first-order valence-electron chi connectivity index (χ1n) is 7.52. The topological polar surface area (TPSA) is 67.4 Å². The standard InChI is InChI=1S/C18H19BrN2O3/c1-24-16-8-3-2-5-13(16)9-10-20-17(22)12-21-18(23)14-6-4-7-15(19)11-14/h2-8,11H,9-10,12H2,1H3,(H,20,22)(H,21,23). The van der Waals surface area contributed by atoms with Crippen LogP contribution in [0.3, 0.4) is 0 Å². The molecule has 0 saturated carbocycles. The molecule has 2 rings (SSSR count). The van der Waals surface area contributed by atoms with Crippen LogP contribution in [0.4, 0.5) is 0 Å². The van der Waals surface area contributed by atoms with Crippen LogP contribution in [-0.4, -0.2) is 32.0 Å². The molecule has 0 bridgehead atoms. The van der Waals surface area contributed by atoms with Crippen LogP contribution in [0, 0.1) is 0 Å². The average Bonchev–Trinajstić information content (AvgIpc) is 2.60. The Balaban J connectivity index is 1.74. The highest BCUT2D eigenvalue weighted by molar-refractivity contribution is 9.10. The summed E-state index contributed by atoms with van der Waals surface area (Å²) in [4.78, 5) is 23.8. The van der Waals surface area contributed by atoms with E-state index in [1.165, 1.54) is 0 Å². The minimum absolute atomic E-state index is 0.0583. The van der Waals surface area contributed by atoms with E-state index in [1.807, 2.05) is 30.3 Å². The smallest absolute Gasteiger partial charge is 0.251 e. The van der Waals surface area contributed by atoms with Crippen LogP contribution in [-0.2, 0) is 11.2 Å². The second-order valence-corrected chi connectivity index (χ2v) is 6.02. The van der Waals surface area contributed by atoms with E-state index in [4.69, 9.17) is 4.74 Å². The number of ether oxygens (including phenoxy) is 1. The molecule has 0 aromatic heterocycles. The second-order valence-electron chi connectivity index (χ2n) is 5.10. The molecule has 0 unspecified atom stereocenters. The zero-order valence-corrected chi connectivity index (χ0v) is 14.9. The molecule has 24 heavy (non-hydrogen) atoms. The summed E-state index contributed by atoms with van der Waals surface area (Å²) in [6.07, 6.45) is 0.662. The molecule has 0 aliphatic carbocycles. The van der Waals surface area contributed by atoms with Crippen molar-refractivity contribution in [2.75, 3.05) is 20.2 Å². The quantitative estimate of drug-likeness (QED) is 0.763. The number of amides is 2. The first-order chi connectivity index (χ1) is 11.6. The Bertz CT molecular complexity index is 719. The molecule has 0 radical (unpaired) electrons. The SMILES string of the molecule is COc1ccccc1CCNC(=O)CNC(=O)c1cccc(Br)c1.